The molecular formula is C10H14N4O4S. The summed E-state index contributed by atoms with van der Waals surface area (Å²) < 4.78 is 27.0. The van der Waals surface area contributed by atoms with Crippen molar-refractivity contribution in [3.05, 3.63) is 12.4 Å². The standard InChI is InChI=1S/C10H14N4O4S/c1-18-9-4-12-3-8(13-9)14-5-7(2-10(14)15)6-19(11,16)17/h3-4,7H,2,5-6H2,1H3,(H2,11,16,17). The highest BCUT2D eigenvalue weighted by Gasteiger charge is 2.33. The molecule has 1 atom stereocenters. The number of aromatic nitrogens is 2. The highest BCUT2D eigenvalue weighted by atomic mass is 32.2. The lowest BCUT2D eigenvalue weighted by atomic mass is 10.1. The molecule has 1 aromatic heterocycles. The molecule has 2 N–H and O–H groups in total. The van der Waals surface area contributed by atoms with E-state index in [4.69, 9.17) is 9.88 Å². The van der Waals surface area contributed by atoms with Gasteiger partial charge in [-0.05, 0) is 0 Å². The maximum absolute atomic E-state index is 11.9. The first-order chi connectivity index (χ1) is 8.89. The van der Waals surface area contributed by atoms with Crippen LogP contribution < -0.4 is 14.8 Å². The molecule has 0 saturated carbocycles. The number of ether oxygens (including phenoxy) is 1. The van der Waals surface area contributed by atoms with Crippen LogP contribution in [0.15, 0.2) is 12.4 Å². The molecule has 1 aliphatic heterocycles. The second-order valence-corrected chi connectivity index (χ2v) is 5.98. The maximum Gasteiger partial charge on any atom is 0.234 e. The highest BCUT2D eigenvalue weighted by molar-refractivity contribution is 7.89. The minimum atomic E-state index is -3.59. The number of hydrogen-bond donors (Lipinski definition) is 1. The molecule has 0 aliphatic carbocycles. The number of rotatable bonds is 4. The molecule has 2 heterocycles. The zero-order chi connectivity index (χ0) is 14.0. The number of anilines is 1. The van der Waals surface area contributed by atoms with Crippen molar-refractivity contribution in [2.24, 2.45) is 11.1 Å². The monoisotopic (exact) mass is 286 g/mol. The van der Waals surface area contributed by atoms with Crippen LogP contribution in [0, 0.1) is 5.92 Å². The van der Waals surface area contributed by atoms with Crippen LogP contribution in [0.5, 0.6) is 5.88 Å². The van der Waals surface area contributed by atoms with Gasteiger partial charge >= 0.3 is 0 Å². The quantitative estimate of drug-likeness (QED) is 0.769. The Morgan fingerprint density at radius 1 is 1.53 bits per heavy atom. The number of carbonyl (C=O) groups is 1. The van der Waals surface area contributed by atoms with E-state index >= 15 is 0 Å². The van der Waals surface area contributed by atoms with Crippen LogP contribution in [0.4, 0.5) is 5.82 Å². The van der Waals surface area contributed by atoms with E-state index in [2.05, 4.69) is 9.97 Å². The van der Waals surface area contributed by atoms with E-state index in [0.29, 0.717) is 11.7 Å². The minimum absolute atomic E-state index is 0.134. The van der Waals surface area contributed by atoms with Gasteiger partial charge in [0.1, 0.15) is 0 Å². The predicted octanol–water partition coefficient (Wildman–Crippen LogP) is -0.873. The first-order valence-corrected chi connectivity index (χ1v) is 7.27. The molecule has 1 aliphatic rings. The van der Waals surface area contributed by atoms with Crippen molar-refractivity contribution >= 4 is 21.7 Å². The summed E-state index contributed by atoms with van der Waals surface area (Å²) in [5.41, 5.74) is 0. The van der Waals surface area contributed by atoms with Crippen LogP contribution in [0.25, 0.3) is 0 Å². The SMILES string of the molecule is COc1cncc(N2CC(CS(N)(=O)=O)CC2=O)n1. The molecule has 8 nitrogen and oxygen atoms in total. The van der Waals surface area contributed by atoms with Gasteiger partial charge in [-0.15, -0.1) is 0 Å². The molecule has 0 bridgehead atoms. The number of methoxy groups -OCH3 is 1. The summed E-state index contributed by atoms with van der Waals surface area (Å²) in [6.45, 7) is 0.261. The number of nitrogens with two attached hydrogens (primary N) is 1. The van der Waals surface area contributed by atoms with Crippen molar-refractivity contribution in [1.29, 1.82) is 0 Å². The van der Waals surface area contributed by atoms with E-state index in [0.717, 1.165) is 0 Å². The molecule has 1 aromatic rings. The van der Waals surface area contributed by atoms with Gasteiger partial charge in [-0.2, -0.15) is 4.98 Å². The van der Waals surface area contributed by atoms with Crippen LogP contribution in [0.1, 0.15) is 6.42 Å². The zero-order valence-electron chi connectivity index (χ0n) is 10.3. The van der Waals surface area contributed by atoms with Crippen molar-refractivity contribution in [3.63, 3.8) is 0 Å². The first kappa shape index (κ1) is 13.7. The molecule has 1 unspecified atom stereocenters. The Morgan fingerprint density at radius 3 is 2.89 bits per heavy atom. The largest absolute Gasteiger partial charge is 0.480 e. The average molecular weight is 286 g/mol. The number of amides is 1. The lowest BCUT2D eigenvalue weighted by Gasteiger charge is -2.15. The molecular weight excluding hydrogens is 272 g/mol. The van der Waals surface area contributed by atoms with Gasteiger partial charge in [0.2, 0.25) is 21.8 Å². The summed E-state index contributed by atoms with van der Waals surface area (Å²) in [6, 6.07) is 0. The van der Waals surface area contributed by atoms with E-state index in [1.54, 1.807) is 0 Å². The van der Waals surface area contributed by atoms with Gasteiger partial charge < -0.3 is 4.74 Å². The fourth-order valence-electron chi connectivity index (χ4n) is 2.01. The molecule has 0 spiro atoms. The Hall–Kier alpha value is -1.74. The van der Waals surface area contributed by atoms with Gasteiger partial charge in [0, 0.05) is 18.9 Å². The molecule has 2 rings (SSSR count). The van der Waals surface area contributed by atoms with Crippen molar-refractivity contribution < 1.29 is 17.9 Å². The second kappa shape index (κ2) is 5.10. The van der Waals surface area contributed by atoms with Gasteiger partial charge in [-0.25, -0.2) is 13.6 Å². The summed E-state index contributed by atoms with van der Waals surface area (Å²) in [5, 5.41) is 4.98. The van der Waals surface area contributed by atoms with E-state index in [1.807, 2.05) is 0 Å². The minimum Gasteiger partial charge on any atom is -0.480 e. The number of hydrogen-bond acceptors (Lipinski definition) is 6. The van der Waals surface area contributed by atoms with Crippen LogP contribution in [0.3, 0.4) is 0 Å². The average Bonchev–Trinajstić information content (AvgIpc) is 2.68. The van der Waals surface area contributed by atoms with Gasteiger partial charge in [-0.3, -0.25) is 14.7 Å². The van der Waals surface area contributed by atoms with Gasteiger partial charge in [0.25, 0.3) is 0 Å². The van der Waals surface area contributed by atoms with Crippen molar-refractivity contribution in [2.75, 3.05) is 24.3 Å². The molecule has 19 heavy (non-hydrogen) atoms. The lowest BCUT2D eigenvalue weighted by Crippen LogP contribution is -2.28. The Kier molecular flexibility index (Phi) is 3.67. The fourth-order valence-corrected chi connectivity index (χ4v) is 2.89. The summed E-state index contributed by atoms with van der Waals surface area (Å²) in [5.74, 6) is -0.0970. The molecule has 9 heteroatoms. The van der Waals surface area contributed by atoms with Gasteiger partial charge in [0.05, 0.1) is 25.3 Å². The van der Waals surface area contributed by atoms with E-state index < -0.39 is 10.0 Å². The van der Waals surface area contributed by atoms with Gasteiger partial charge in [0.15, 0.2) is 5.82 Å². The van der Waals surface area contributed by atoms with Crippen molar-refractivity contribution in [2.45, 2.75) is 6.42 Å². The van der Waals surface area contributed by atoms with E-state index in [9.17, 15) is 13.2 Å². The first-order valence-electron chi connectivity index (χ1n) is 5.56. The summed E-state index contributed by atoms with van der Waals surface area (Å²) in [6.07, 6.45) is 2.99. The lowest BCUT2D eigenvalue weighted by molar-refractivity contribution is -0.117. The normalized spacial score (nSPS) is 19.8. The van der Waals surface area contributed by atoms with E-state index in [-0.39, 0.29) is 30.5 Å². The molecule has 1 saturated heterocycles. The Bertz CT molecular complexity index is 589. The molecule has 1 amide bonds. The summed E-state index contributed by atoms with van der Waals surface area (Å²) in [7, 11) is -2.14. The van der Waals surface area contributed by atoms with Gasteiger partial charge in [-0.1, -0.05) is 0 Å². The number of sulfonamides is 1. The summed E-state index contributed by atoms with van der Waals surface area (Å²) >= 11 is 0. The Morgan fingerprint density at radius 2 is 2.26 bits per heavy atom. The van der Waals surface area contributed by atoms with Crippen LogP contribution in [0.2, 0.25) is 0 Å². The molecule has 0 aromatic carbocycles. The van der Waals surface area contributed by atoms with Crippen LogP contribution in [-0.4, -0.2) is 43.7 Å². The smallest absolute Gasteiger partial charge is 0.234 e. The number of primary sulfonamides is 1. The third kappa shape index (κ3) is 3.38. The molecule has 104 valence electrons. The Balaban J connectivity index is 2.15. The third-order valence-electron chi connectivity index (χ3n) is 2.76. The maximum atomic E-state index is 11.9. The number of carbonyl (C=O) groups excluding carboxylic acids is 1. The van der Waals surface area contributed by atoms with Crippen LogP contribution in [-0.2, 0) is 14.8 Å². The predicted molar refractivity (Wildman–Crippen MR) is 67.0 cm³/mol. The van der Waals surface area contributed by atoms with E-state index in [1.165, 1.54) is 24.4 Å². The zero-order valence-corrected chi connectivity index (χ0v) is 11.1. The Labute approximate surface area is 110 Å². The topological polar surface area (TPSA) is 115 Å². The second-order valence-electron chi connectivity index (χ2n) is 4.32. The third-order valence-corrected chi connectivity index (χ3v) is 3.69. The molecule has 0 radical (unpaired) electrons. The summed E-state index contributed by atoms with van der Waals surface area (Å²) in [4.78, 5) is 21.3. The molecule has 1 fully saturated rings. The van der Waals surface area contributed by atoms with Crippen molar-refractivity contribution in [1.82, 2.24) is 9.97 Å². The van der Waals surface area contributed by atoms with Crippen molar-refractivity contribution in [3.8, 4) is 5.88 Å². The highest BCUT2D eigenvalue weighted by Crippen LogP contribution is 2.24. The van der Waals surface area contributed by atoms with Crippen LogP contribution >= 0.6 is 0 Å². The number of nitrogens with zero attached hydrogens (tertiary/aromatic N) is 3. The fraction of sp³-hybridized carbons (Fsp3) is 0.500.